The molecule has 0 saturated carbocycles. The van der Waals surface area contributed by atoms with Gasteiger partial charge in [0.25, 0.3) is 0 Å². The minimum atomic E-state index is -2.36. The molecule has 0 fully saturated rings. The van der Waals surface area contributed by atoms with E-state index in [4.69, 9.17) is 5.73 Å². The van der Waals surface area contributed by atoms with Crippen LogP contribution in [0.3, 0.4) is 0 Å². The summed E-state index contributed by atoms with van der Waals surface area (Å²) in [7, 11) is 0. The second-order valence-corrected chi connectivity index (χ2v) is 3.61. The third-order valence-corrected chi connectivity index (χ3v) is 2.42. The van der Waals surface area contributed by atoms with Crippen LogP contribution < -0.4 is 5.73 Å². The van der Waals surface area contributed by atoms with Gasteiger partial charge in [-0.2, -0.15) is 0 Å². The molecule has 3 heteroatoms. The van der Waals surface area contributed by atoms with Crippen LogP contribution in [0.15, 0.2) is 48.3 Å². The Kier molecular flexibility index (Phi) is 2.40. The second-order valence-electron chi connectivity index (χ2n) is 3.61. The Labute approximate surface area is 86.9 Å². The Morgan fingerprint density at radius 2 is 1.80 bits per heavy atom. The molecule has 0 heterocycles. The molecule has 1 aromatic carbocycles. The van der Waals surface area contributed by atoms with Crippen LogP contribution in [0, 0.1) is 0 Å². The van der Waals surface area contributed by atoms with Gasteiger partial charge in [-0.3, -0.25) is 5.73 Å². The van der Waals surface area contributed by atoms with Gasteiger partial charge < -0.3 is 0 Å². The zero-order chi connectivity index (χ0) is 10.9. The van der Waals surface area contributed by atoms with E-state index in [1.165, 1.54) is 0 Å². The lowest BCUT2D eigenvalue weighted by molar-refractivity contribution is 0.187. The van der Waals surface area contributed by atoms with Crippen LogP contribution >= 0.6 is 0 Å². The van der Waals surface area contributed by atoms with Crippen LogP contribution in [0.5, 0.6) is 0 Å². The van der Waals surface area contributed by atoms with Crippen molar-refractivity contribution < 1.29 is 8.78 Å². The summed E-state index contributed by atoms with van der Waals surface area (Å²) in [4.78, 5) is 0. The van der Waals surface area contributed by atoms with Crippen molar-refractivity contribution in [2.45, 2.75) is 12.2 Å². The molecule has 0 spiro atoms. The van der Waals surface area contributed by atoms with Gasteiger partial charge in [-0.15, -0.1) is 0 Å². The maximum Gasteiger partial charge on any atom is 0.215 e. The standard InChI is InChI=1S/C12H11F2N/c13-11-7-6-10(8-12(11,14)15)9-4-2-1-3-5-9/h1-7H,8,15H2. The molecule has 1 aliphatic rings. The molecule has 1 atom stereocenters. The zero-order valence-corrected chi connectivity index (χ0v) is 8.08. The van der Waals surface area contributed by atoms with E-state index >= 15 is 0 Å². The van der Waals surface area contributed by atoms with Gasteiger partial charge in [0.05, 0.1) is 0 Å². The van der Waals surface area contributed by atoms with Crippen molar-refractivity contribution in [1.29, 1.82) is 0 Å². The van der Waals surface area contributed by atoms with E-state index < -0.39 is 11.6 Å². The fourth-order valence-electron chi connectivity index (χ4n) is 1.58. The highest BCUT2D eigenvalue weighted by Gasteiger charge is 2.33. The number of hydrogen-bond donors (Lipinski definition) is 1. The normalized spacial score (nSPS) is 25.8. The molecule has 1 aromatic rings. The molecule has 0 saturated heterocycles. The van der Waals surface area contributed by atoms with Crippen LogP contribution in [0.1, 0.15) is 12.0 Å². The monoisotopic (exact) mass is 207 g/mol. The first-order valence-corrected chi connectivity index (χ1v) is 4.70. The summed E-state index contributed by atoms with van der Waals surface area (Å²) in [5.41, 5.74) is 6.78. The Hall–Kier alpha value is -1.48. The Balaban J connectivity index is 2.35. The van der Waals surface area contributed by atoms with Crippen LogP contribution in [0.2, 0.25) is 0 Å². The van der Waals surface area contributed by atoms with Crippen molar-refractivity contribution in [2.24, 2.45) is 5.73 Å². The summed E-state index contributed by atoms with van der Waals surface area (Å²) in [6.45, 7) is 0. The van der Waals surface area contributed by atoms with Crippen molar-refractivity contribution >= 4 is 5.57 Å². The third kappa shape index (κ3) is 1.97. The molecule has 15 heavy (non-hydrogen) atoms. The lowest BCUT2D eigenvalue weighted by Gasteiger charge is -2.23. The highest BCUT2D eigenvalue weighted by Crippen LogP contribution is 2.34. The third-order valence-electron chi connectivity index (χ3n) is 2.42. The Morgan fingerprint density at radius 1 is 1.13 bits per heavy atom. The fraction of sp³-hybridized carbons (Fsp3) is 0.167. The first-order chi connectivity index (χ1) is 7.09. The maximum absolute atomic E-state index is 13.5. The number of hydrogen-bond acceptors (Lipinski definition) is 1. The van der Waals surface area contributed by atoms with E-state index in [1.54, 1.807) is 6.08 Å². The first-order valence-electron chi connectivity index (χ1n) is 4.70. The van der Waals surface area contributed by atoms with Gasteiger partial charge in [-0.25, -0.2) is 8.78 Å². The Morgan fingerprint density at radius 3 is 2.40 bits per heavy atom. The molecule has 0 aromatic heterocycles. The van der Waals surface area contributed by atoms with Gasteiger partial charge in [0, 0.05) is 6.42 Å². The molecule has 0 bridgehead atoms. The van der Waals surface area contributed by atoms with Crippen molar-refractivity contribution in [3.05, 3.63) is 53.9 Å². The van der Waals surface area contributed by atoms with Gasteiger partial charge in [0.1, 0.15) is 0 Å². The second kappa shape index (κ2) is 3.59. The average molecular weight is 207 g/mol. The molecule has 0 aliphatic heterocycles. The van der Waals surface area contributed by atoms with Crippen LogP contribution in [-0.2, 0) is 0 Å². The number of rotatable bonds is 1. The molecule has 78 valence electrons. The quantitative estimate of drug-likeness (QED) is 0.704. The van der Waals surface area contributed by atoms with Gasteiger partial charge in [-0.05, 0) is 17.2 Å². The van der Waals surface area contributed by atoms with Crippen LogP contribution in [0.25, 0.3) is 5.57 Å². The minimum Gasteiger partial charge on any atom is -0.293 e. The van der Waals surface area contributed by atoms with E-state index in [-0.39, 0.29) is 6.42 Å². The fourth-order valence-corrected chi connectivity index (χ4v) is 1.58. The lowest BCUT2D eigenvalue weighted by Crippen LogP contribution is -2.36. The minimum absolute atomic E-state index is 0.126. The number of benzene rings is 1. The smallest absolute Gasteiger partial charge is 0.215 e. The number of alkyl halides is 1. The van der Waals surface area contributed by atoms with Crippen LogP contribution in [-0.4, -0.2) is 5.79 Å². The largest absolute Gasteiger partial charge is 0.293 e. The van der Waals surface area contributed by atoms with Gasteiger partial charge in [0.15, 0.2) is 5.83 Å². The number of nitrogens with two attached hydrogens (primary N) is 1. The average Bonchev–Trinajstić information content (AvgIpc) is 2.23. The highest BCUT2D eigenvalue weighted by molar-refractivity contribution is 5.69. The molecular formula is C12H11F2N. The molecule has 2 rings (SSSR count). The SMILES string of the molecule is NC1(F)CC(c2ccccc2)=CC=C1F. The Bertz CT molecular complexity index is 419. The van der Waals surface area contributed by atoms with Crippen molar-refractivity contribution in [1.82, 2.24) is 0 Å². The summed E-state index contributed by atoms with van der Waals surface area (Å²) >= 11 is 0. The van der Waals surface area contributed by atoms with E-state index in [1.807, 2.05) is 30.3 Å². The molecule has 0 radical (unpaired) electrons. The van der Waals surface area contributed by atoms with Crippen molar-refractivity contribution in [2.75, 3.05) is 0 Å². The molecule has 1 aliphatic carbocycles. The summed E-state index contributed by atoms with van der Waals surface area (Å²) in [5.74, 6) is -3.28. The lowest BCUT2D eigenvalue weighted by atomic mass is 9.93. The van der Waals surface area contributed by atoms with Gasteiger partial charge in [0.2, 0.25) is 5.79 Å². The predicted octanol–water partition coefficient (Wildman–Crippen LogP) is 2.95. The predicted molar refractivity (Wildman–Crippen MR) is 56.3 cm³/mol. The molecular weight excluding hydrogens is 196 g/mol. The highest BCUT2D eigenvalue weighted by atomic mass is 19.2. The topological polar surface area (TPSA) is 26.0 Å². The summed E-state index contributed by atoms with van der Waals surface area (Å²) in [6.07, 6.45) is 2.53. The number of allylic oxidation sites excluding steroid dienone is 2. The molecule has 1 nitrogen and oxygen atoms in total. The molecule has 1 unspecified atom stereocenters. The maximum atomic E-state index is 13.5. The summed E-state index contributed by atoms with van der Waals surface area (Å²) < 4.78 is 26.5. The van der Waals surface area contributed by atoms with Crippen molar-refractivity contribution in [3.63, 3.8) is 0 Å². The molecule has 0 amide bonds. The summed E-state index contributed by atoms with van der Waals surface area (Å²) in [6, 6.07) is 9.26. The van der Waals surface area contributed by atoms with Gasteiger partial charge >= 0.3 is 0 Å². The van der Waals surface area contributed by atoms with Crippen molar-refractivity contribution in [3.8, 4) is 0 Å². The first kappa shape index (κ1) is 10.1. The summed E-state index contributed by atoms with van der Waals surface area (Å²) in [5, 5.41) is 0. The van der Waals surface area contributed by atoms with E-state index in [0.717, 1.165) is 11.6 Å². The molecule has 2 N–H and O–H groups in total. The van der Waals surface area contributed by atoms with E-state index in [0.29, 0.717) is 5.57 Å². The van der Waals surface area contributed by atoms with Gasteiger partial charge in [-0.1, -0.05) is 36.4 Å². The number of halogens is 2. The van der Waals surface area contributed by atoms with E-state index in [2.05, 4.69) is 0 Å². The van der Waals surface area contributed by atoms with Crippen LogP contribution in [0.4, 0.5) is 8.78 Å². The zero-order valence-electron chi connectivity index (χ0n) is 8.08. The van der Waals surface area contributed by atoms with E-state index in [9.17, 15) is 8.78 Å².